The number of hydrogen-bond acceptors (Lipinski definition) is 6. The van der Waals surface area contributed by atoms with E-state index in [0.717, 1.165) is 13.0 Å². The van der Waals surface area contributed by atoms with E-state index in [1.54, 1.807) is 0 Å². The number of carbonyl (C=O) groups is 1. The largest absolute Gasteiger partial charge is 0.467 e. The van der Waals surface area contributed by atoms with Gasteiger partial charge in [0.05, 0.1) is 46.8 Å². The highest BCUT2D eigenvalue weighted by molar-refractivity contribution is 5.70. The first-order chi connectivity index (χ1) is 15.3. The molecule has 0 heterocycles. The lowest BCUT2D eigenvalue weighted by molar-refractivity contribution is -0.146. The van der Waals surface area contributed by atoms with Crippen LogP contribution in [-0.4, -0.2) is 65.9 Å². The van der Waals surface area contributed by atoms with E-state index in [2.05, 4.69) is 11.7 Å². The zero-order chi connectivity index (χ0) is 22.7. The highest BCUT2D eigenvalue weighted by Crippen LogP contribution is 2.12. The Labute approximate surface area is 191 Å². The summed E-state index contributed by atoms with van der Waals surface area (Å²) in [5, 5.41) is 0. The van der Waals surface area contributed by atoms with Crippen molar-refractivity contribution in [1.82, 2.24) is 0 Å². The Morgan fingerprint density at radius 2 is 0.839 bits per heavy atom. The minimum atomic E-state index is -0.377. The van der Waals surface area contributed by atoms with Gasteiger partial charge >= 0.3 is 5.97 Å². The molecule has 0 aromatic rings. The Kier molecular flexibility index (Phi) is 26.7. The van der Waals surface area contributed by atoms with Crippen LogP contribution in [0.4, 0.5) is 0 Å². The van der Waals surface area contributed by atoms with Gasteiger partial charge < -0.3 is 23.7 Å². The summed E-state index contributed by atoms with van der Waals surface area (Å²) in [5.41, 5.74) is 0. The first kappa shape index (κ1) is 30.3. The van der Waals surface area contributed by atoms with Gasteiger partial charge in [-0.05, 0) is 6.42 Å². The summed E-state index contributed by atoms with van der Waals surface area (Å²) in [5.74, 6) is -0.377. The molecule has 0 N–H and O–H groups in total. The lowest BCUT2D eigenvalue weighted by Crippen LogP contribution is -2.15. The summed E-state index contributed by atoms with van der Waals surface area (Å²) in [6.07, 6.45) is 19.3. The summed E-state index contributed by atoms with van der Waals surface area (Å²) in [6, 6.07) is 0. The predicted octanol–water partition coefficient (Wildman–Crippen LogP) is 5.71. The molecule has 0 aromatic carbocycles. The molecule has 6 nitrogen and oxygen atoms in total. The van der Waals surface area contributed by atoms with Gasteiger partial charge in [-0.2, -0.15) is 0 Å². The van der Waals surface area contributed by atoms with Crippen molar-refractivity contribution in [2.24, 2.45) is 0 Å². The molecule has 0 aliphatic rings. The van der Waals surface area contributed by atoms with Crippen LogP contribution in [0.15, 0.2) is 0 Å². The second-order valence-corrected chi connectivity index (χ2v) is 8.06. The van der Waals surface area contributed by atoms with Crippen LogP contribution in [-0.2, 0) is 28.5 Å². The normalized spacial score (nSPS) is 11.2. The van der Waals surface area contributed by atoms with E-state index in [1.165, 1.54) is 90.6 Å². The number of unbranched alkanes of at least 4 members (excludes halogenated alkanes) is 13. The third-order valence-electron chi connectivity index (χ3n) is 5.21. The molecule has 0 fully saturated rings. The van der Waals surface area contributed by atoms with E-state index in [9.17, 15) is 4.79 Å². The number of esters is 1. The van der Waals surface area contributed by atoms with Crippen molar-refractivity contribution in [3.63, 3.8) is 0 Å². The molecule has 0 atom stereocenters. The summed E-state index contributed by atoms with van der Waals surface area (Å²) >= 11 is 0. The smallest absolute Gasteiger partial charge is 0.331 e. The van der Waals surface area contributed by atoms with Crippen LogP contribution in [0, 0.1) is 0 Å². The molecule has 0 amide bonds. The second kappa shape index (κ2) is 27.3. The molecule has 0 aromatic heterocycles. The van der Waals surface area contributed by atoms with Crippen LogP contribution >= 0.6 is 0 Å². The van der Waals surface area contributed by atoms with Gasteiger partial charge in [0.2, 0.25) is 0 Å². The van der Waals surface area contributed by atoms with Gasteiger partial charge in [0.25, 0.3) is 0 Å². The summed E-state index contributed by atoms with van der Waals surface area (Å²) in [7, 11) is 1.34. The molecule has 0 bridgehead atoms. The van der Waals surface area contributed by atoms with E-state index < -0.39 is 0 Å². The van der Waals surface area contributed by atoms with Crippen LogP contribution in [0.5, 0.6) is 0 Å². The van der Waals surface area contributed by atoms with Gasteiger partial charge in [-0.25, -0.2) is 4.79 Å². The van der Waals surface area contributed by atoms with Gasteiger partial charge in [-0.3, -0.25) is 0 Å². The molecule has 0 saturated heterocycles. The molecule has 0 spiro atoms. The predicted molar refractivity (Wildman–Crippen MR) is 126 cm³/mol. The Hall–Kier alpha value is -0.690. The molecule has 186 valence electrons. The fourth-order valence-corrected chi connectivity index (χ4v) is 3.27. The average molecular weight is 447 g/mol. The quantitative estimate of drug-likeness (QED) is 0.125. The molecular weight excluding hydrogens is 396 g/mol. The fourth-order valence-electron chi connectivity index (χ4n) is 3.27. The third-order valence-corrected chi connectivity index (χ3v) is 5.21. The monoisotopic (exact) mass is 446 g/mol. The van der Waals surface area contributed by atoms with Gasteiger partial charge in [0, 0.05) is 6.61 Å². The first-order valence-electron chi connectivity index (χ1n) is 12.7. The Morgan fingerprint density at radius 3 is 1.26 bits per heavy atom. The van der Waals surface area contributed by atoms with Crippen molar-refractivity contribution >= 4 is 5.97 Å². The standard InChI is InChI=1S/C25H50O6/c1-3-4-5-6-7-8-9-10-11-12-13-14-15-16-17-28-18-19-29-20-21-30-22-23-31-24-25(26)27-2/h3-24H2,1-2H3. The summed E-state index contributed by atoms with van der Waals surface area (Å²) in [6.45, 7) is 6.18. The zero-order valence-corrected chi connectivity index (χ0v) is 20.5. The Bertz CT molecular complexity index is 351. The zero-order valence-electron chi connectivity index (χ0n) is 20.5. The maximum absolute atomic E-state index is 10.8. The fraction of sp³-hybridized carbons (Fsp3) is 0.960. The van der Waals surface area contributed by atoms with Gasteiger partial charge in [0.15, 0.2) is 0 Å². The molecule has 6 heteroatoms. The van der Waals surface area contributed by atoms with Crippen molar-refractivity contribution < 1.29 is 28.5 Å². The Morgan fingerprint density at radius 1 is 0.484 bits per heavy atom. The molecule has 0 saturated carbocycles. The topological polar surface area (TPSA) is 63.2 Å². The maximum atomic E-state index is 10.8. The van der Waals surface area contributed by atoms with Crippen LogP contribution in [0.1, 0.15) is 96.8 Å². The lowest BCUT2D eigenvalue weighted by Gasteiger charge is -2.07. The molecule has 0 rings (SSSR count). The van der Waals surface area contributed by atoms with Crippen LogP contribution in [0.2, 0.25) is 0 Å². The van der Waals surface area contributed by atoms with Crippen molar-refractivity contribution in [3.05, 3.63) is 0 Å². The molecule has 0 radical (unpaired) electrons. The number of hydrogen-bond donors (Lipinski definition) is 0. The van der Waals surface area contributed by atoms with E-state index >= 15 is 0 Å². The van der Waals surface area contributed by atoms with E-state index in [1.807, 2.05) is 0 Å². The highest BCUT2D eigenvalue weighted by Gasteiger charge is 1.99. The first-order valence-corrected chi connectivity index (χ1v) is 12.7. The maximum Gasteiger partial charge on any atom is 0.331 e. The minimum Gasteiger partial charge on any atom is -0.467 e. The average Bonchev–Trinajstić information content (AvgIpc) is 2.78. The number of rotatable bonds is 26. The highest BCUT2D eigenvalue weighted by atomic mass is 16.6. The van der Waals surface area contributed by atoms with E-state index in [-0.39, 0.29) is 12.6 Å². The van der Waals surface area contributed by atoms with Crippen LogP contribution in [0.3, 0.4) is 0 Å². The van der Waals surface area contributed by atoms with Crippen molar-refractivity contribution in [1.29, 1.82) is 0 Å². The second-order valence-electron chi connectivity index (χ2n) is 8.06. The molecule has 0 aliphatic carbocycles. The lowest BCUT2D eigenvalue weighted by atomic mass is 10.0. The van der Waals surface area contributed by atoms with Crippen molar-refractivity contribution in [2.45, 2.75) is 96.8 Å². The molecule has 0 aliphatic heterocycles. The minimum absolute atomic E-state index is 0.0347. The van der Waals surface area contributed by atoms with Crippen LogP contribution < -0.4 is 0 Å². The SMILES string of the molecule is CCCCCCCCCCCCCCCCOCCOCCOCCOCC(=O)OC. The van der Waals surface area contributed by atoms with Crippen molar-refractivity contribution in [3.8, 4) is 0 Å². The molecule has 0 unspecified atom stereocenters. The third kappa shape index (κ3) is 27.3. The Balaban J connectivity index is 3.01. The van der Waals surface area contributed by atoms with Crippen molar-refractivity contribution in [2.75, 3.05) is 60.0 Å². The van der Waals surface area contributed by atoms with E-state index in [4.69, 9.17) is 18.9 Å². The van der Waals surface area contributed by atoms with Gasteiger partial charge in [-0.1, -0.05) is 90.4 Å². The van der Waals surface area contributed by atoms with E-state index in [0.29, 0.717) is 39.6 Å². The summed E-state index contributed by atoms with van der Waals surface area (Å²) in [4.78, 5) is 10.8. The molecular formula is C25H50O6. The number of methoxy groups -OCH3 is 1. The summed E-state index contributed by atoms with van der Waals surface area (Å²) < 4.78 is 25.9. The number of ether oxygens (including phenoxy) is 5. The number of carbonyl (C=O) groups excluding carboxylic acids is 1. The van der Waals surface area contributed by atoms with Gasteiger partial charge in [-0.15, -0.1) is 0 Å². The van der Waals surface area contributed by atoms with Crippen LogP contribution in [0.25, 0.3) is 0 Å². The van der Waals surface area contributed by atoms with Gasteiger partial charge in [0.1, 0.15) is 6.61 Å². The molecule has 31 heavy (non-hydrogen) atoms.